The summed E-state index contributed by atoms with van der Waals surface area (Å²) >= 11 is 0. The lowest BCUT2D eigenvalue weighted by Crippen LogP contribution is -2.53. The van der Waals surface area contributed by atoms with Gasteiger partial charge in [-0.15, -0.1) is 0 Å². The van der Waals surface area contributed by atoms with E-state index in [1.165, 1.54) is 6.20 Å². The molecule has 0 bridgehead atoms. The molecular weight excluding hydrogens is 473 g/mol. The number of carbonyl (C=O) groups excluding carboxylic acids is 1. The largest absolute Gasteiger partial charge is 0.408 e. The standard InChI is InChI=1S/C24H29F3N8O/c1-22(2)12-33(13-22)20-15-10-28-16(9-18(15)35(32-20)14-24(25,26)27)19-17(11-29-31-19)30-21(36)34-8-4-3-5-23(34)6-7-23/h9-11H,3-8,12-14H2,1-2H3,(H,29,31)(H,30,36). The lowest BCUT2D eigenvalue weighted by atomic mass is 9.84. The van der Waals surface area contributed by atoms with Crippen molar-refractivity contribution < 1.29 is 18.0 Å². The number of aromatic amines is 1. The number of urea groups is 1. The van der Waals surface area contributed by atoms with Gasteiger partial charge in [-0.2, -0.15) is 23.4 Å². The summed E-state index contributed by atoms with van der Waals surface area (Å²) < 4.78 is 41.1. The van der Waals surface area contributed by atoms with Gasteiger partial charge >= 0.3 is 12.2 Å². The Labute approximate surface area is 206 Å². The first-order valence-electron chi connectivity index (χ1n) is 12.3. The third-order valence-corrected chi connectivity index (χ3v) is 7.54. The fraction of sp³-hybridized carbons (Fsp3) is 0.583. The highest BCUT2D eigenvalue weighted by atomic mass is 19.4. The zero-order valence-electron chi connectivity index (χ0n) is 20.3. The Kier molecular flexibility index (Phi) is 5.03. The minimum absolute atomic E-state index is 0.0185. The van der Waals surface area contributed by atoms with Crippen LogP contribution in [0.1, 0.15) is 46.0 Å². The van der Waals surface area contributed by atoms with Crippen LogP contribution in [0.5, 0.6) is 0 Å². The third-order valence-electron chi connectivity index (χ3n) is 7.54. The van der Waals surface area contributed by atoms with E-state index in [1.54, 1.807) is 12.3 Å². The molecule has 0 unspecified atom stereocenters. The van der Waals surface area contributed by atoms with E-state index in [1.807, 2.05) is 9.80 Å². The minimum Gasteiger partial charge on any atom is -0.353 e. The maximum atomic E-state index is 13.4. The van der Waals surface area contributed by atoms with E-state index >= 15 is 0 Å². The molecule has 2 amide bonds. The van der Waals surface area contributed by atoms with Crippen molar-refractivity contribution in [3.05, 3.63) is 18.5 Å². The maximum absolute atomic E-state index is 13.4. The predicted molar refractivity (Wildman–Crippen MR) is 129 cm³/mol. The molecule has 2 N–H and O–H groups in total. The van der Waals surface area contributed by atoms with E-state index < -0.39 is 12.7 Å². The van der Waals surface area contributed by atoms with Gasteiger partial charge in [0.1, 0.15) is 12.2 Å². The Hall–Kier alpha value is -3.31. The van der Waals surface area contributed by atoms with Crippen LogP contribution in [-0.2, 0) is 6.54 Å². The molecule has 3 fully saturated rings. The summed E-state index contributed by atoms with van der Waals surface area (Å²) in [5.41, 5.74) is 1.67. The number of rotatable bonds is 4. The number of alkyl halides is 3. The van der Waals surface area contributed by atoms with Crippen LogP contribution in [0.2, 0.25) is 0 Å². The number of hydrogen-bond acceptors (Lipinski definition) is 5. The van der Waals surface area contributed by atoms with Crippen molar-refractivity contribution in [3.8, 4) is 11.4 Å². The third kappa shape index (κ3) is 4.05. The molecule has 0 atom stereocenters. The smallest absolute Gasteiger partial charge is 0.353 e. The zero-order valence-corrected chi connectivity index (χ0v) is 20.3. The van der Waals surface area contributed by atoms with Crippen LogP contribution in [-0.4, -0.2) is 67.2 Å². The molecule has 0 radical (unpaired) electrons. The molecule has 6 rings (SSSR count). The summed E-state index contributed by atoms with van der Waals surface area (Å²) in [4.78, 5) is 21.5. The van der Waals surface area contributed by atoms with E-state index in [0.717, 1.165) is 43.3 Å². The number of nitrogens with zero attached hydrogens (tertiary/aromatic N) is 6. The lowest BCUT2D eigenvalue weighted by Gasteiger charge is -2.46. The molecule has 3 aliphatic rings. The highest BCUT2D eigenvalue weighted by Crippen LogP contribution is 2.48. The average Bonchev–Trinajstić information content (AvgIpc) is 3.24. The molecule has 1 aliphatic carbocycles. The monoisotopic (exact) mass is 502 g/mol. The maximum Gasteiger partial charge on any atom is 0.408 e. The highest BCUT2D eigenvalue weighted by molar-refractivity contribution is 5.96. The van der Waals surface area contributed by atoms with Crippen LogP contribution >= 0.6 is 0 Å². The number of nitrogens with one attached hydrogen (secondary N) is 2. The van der Waals surface area contributed by atoms with Crippen LogP contribution in [0.4, 0.5) is 29.5 Å². The SMILES string of the molecule is CC1(C)CN(c2nn(CC(F)(F)F)c3cc(-c4[nH]ncc4NC(=O)N4CCCCC45CC5)ncc23)C1. The summed E-state index contributed by atoms with van der Waals surface area (Å²) in [5, 5.41) is 14.8. The molecule has 12 heteroatoms. The first kappa shape index (κ1) is 23.1. The van der Waals surface area contributed by atoms with Gasteiger partial charge in [-0.3, -0.25) is 14.8 Å². The Balaban J connectivity index is 1.32. The van der Waals surface area contributed by atoms with Crippen LogP contribution < -0.4 is 10.2 Å². The second kappa shape index (κ2) is 7.84. The second-order valence-electron chi connectivity index (χ2n) is 11.1. The number of H-pyrrole nitrogens is 1. The van der Waals surface area contributed by atoms with Crippen molar-refractivity contribution in [1.29, 1.82) is 0 Å². The topological polar surface area (TPSA) is 95.0 Å². The van der Waals surface area contributed by atoms with Gasteiger partial charge in [0.15, 0.2) is 5.82 Å². The molecular formula is C24H29F3N8O. The fourth-order valence-corrected chi connectivity index (χ4v) is 5.69. The number of carbonyl (C=O) groups is 1. The molecule has 192 valence electrons. The first-order chi connectivity index (χ1) is 17.0. The molecule has 1 saturated carbocycles. The average molecular weight is 503 g/mol. The number of piperidine rings is 1. The van der Waals surface area contributed by atoms with Crippen molar-refractivity contribution >= 4 is 28.4 Å². The molecule has 3 aromatic rings. The van der Waals surface area contributed by atoms with E-state index in [-0.39, 0.29) is 17.0 Å². The Morgan fingerprint density at radius 1 is 1.17 bits per heavy atom. The van der Waals surface area contributed by atoms with E-state index in [2.05, 4.69) is 39.4 Å². The van der Waals surface area contributed by atoms with Crippen molar-refractivity contribution in [1.82, 2.24) is 29.9 Å². The summed E-state index contributed by atoms with van der Waals surface area (Å²) in [6, 6.07) is 1.40. The number of likely N-dealkylation sites (tertiary alicyclic amines) is 1. The normalized spacial score (nSPS) is 20.6. The van der Waals surface area contributed by atoms with Gasteiger partial charge < -0.3 is 15.1 Å². The molecule has 2 aliphatic heterocycles. The number of amides is 2. The van der Waals surface area contributed by atoms with Crippen LogP contribution in [0.15, 0.2) is 18.5 Å². The number of fused-ring (bicyclic) bond motifs is 1. The van der Waals surface area contributed by atoms with Gasteiger partial charge in [-0.25, -0.2) is 4.79 Å². The predicted octanol–water partition coefficient (Wildman–Crippen LogP) is 4.78. The van der Waals surface area contributed by atoms with Crippen molar-refractivity contribution in [2.24, 2.45) is 5.41 Å². The molecule has 0 aromatic carbocycles. The quantitative estimate of drug-likeness (QED) is 0.536. The van der Waals surface area contributed by atoms with Crippen LogP contribution in [0.25, 0.3) is 22.3 Å². The molecule has 36 heavy (non-hydrogen) atoms. The molecule has 9 nitrogen and oxygen atoms in total. The van der Waals surface area contributed by atoms with Crippen molar-refractivity contribution in [2.45, 2.75) is 64.2 Å². The van der Waals surface area contributed by atoms with Gasteiger partial charge in [0.25, 0.3) is 0 Å². The van der Waals surface area contributed by atoms with Gasteiger partial charge in [0.2, 0.25) is 0 Å². The highest BCUT2D eigenvalue weighted by Gasteiger charge is 2.51. The van der Waals surface area contributed by atoms with Crippen LogP contribution in [0, 0.1) is 5.41 Å². The number of halogens is 3. The molecule has 1 spiro atoms. The van der Waals surface area contributed by atoms with E-state index in [9.17, 15) is 18.0 Å². The summed E-state index contributed by atoms with van der Waals surface area (Å²) in [5.74, 6) is 0.505. The van der Waals surface area contributed by atoms with Gasteiger partial charge in [-0.1, -0.05) is 13.8 Å². The summed E-state index contributed by atoms with van der Waals surface area (Å²) in [6.07, 6.45) is 3.82. The summed E-state index contributed by atoms with van der Waals surface area (Å²) in [6.45, 7) is 5.16. The number of pyridine rings is 1. The lowest BCUT2D eigenvalue weighted by molar-refractivity contribution is -0.141. The molecule has 2 saturated heterocycles. The Morgan fingerprint density at radius 3 is 2.64 bits per heavy atom. The van der Waals surface area contributed by atoms with Crippen molar-refractivity contribution in [3.63, 3.8) is 0 Å². The Bertz CT molecular complexity index is 1310. The van der Waals surface area contributed by atoms with Gasteiger partial charge in [0.05, 0.1) is 28.5 Å². The van der Waals surface area contributed by atoms with E-state index in [4.69, 9.17) is 0 Å². The van der Waals surface area contributed by atoms with Crippen molar-refractivity contribution in [2.75, 3.05) is 29.9 Å². The number of anilines is 2. The van der Waals surface area contributed by atoms with Crippen LogP contribution in [0.3, 0.4) is 0 Å². The zero-order chi connectivity index (χ0) is 25.3. The summed E-state index contributed by atoms with van der Waals surface area (Å²) in [7, 11) is 0. The second-order valence-corrected chi connectivity index (χ2v) is 11.1. The number of hydrogen-bond donors (Lipinski definition) is 2. The van der Waals surface area contributed by atoms with Gasteiger partial charge in [0, 0.05) is 31.4 Å². The fourth-order valence-electron chi connectivity index (χ4n) is 5.69. The number of aromatic nitrogens is 5. The van der Waals surface area contributed by atoms with Gasteiger partial charge in [-0.05, 0) is 43.6 Å². The molecule has 3 aromatic heterocycles. The molecule has 5 heterocycles. The first-order valence-corrected chi connectivity index (χ1v) is 12.3. The van der Waals surface area contributed by atoms with E-state index in [0.29, 0.717) is 46.9 Å². The Morgan fingerprint density at radius 2 is 1.94 bits per heavy atom. The minimum atomic E-state index is -4.42.